The van der Waals surface area contributed by atoms with Crippen molar-refractivity contribution in [1.29, 1.82) is 0 Å². The summed E-state index contributed by atoms with van der Waals surface area (Å²) in [6.07, 6.45) is 1.62. The quantitative estimate of drug-likeness (QED) is 0.868. The Morgan fingerprint density at radius 2 is 2.08 bits per heavy atom. The maximum Gasteiger partial charge on any atom is 0.319 e. The molecule has 2 heterocycles. The standard InChI is InChI=1S/C18H24N6O2/c1-23(2)18(26)24-10-6-9-14(12-24)17(25)19-11-15-20-16(22-21-15)13-7-4-3-5-8-13/h3-5,7-8,14H,6,9-12H2,1-2H3,(H,19,25)(H,20,21,22)/t14-/m0/s1. The van der Waals surface area contributed by atoms with Gasteiger partial charge < -0.3 is 15.1 Å². The first-order valence-electron chi connectivity index (χ1n) is 8.75. The Bertz CT molecular complexity index is 758. The van der Waals surface area contributed by atoms with Crippen LogP contribution in [0.25, 0.3) is 11.4 Å². The van der Waals surface area contributed by atoms with Crippen LogP contribution in [0.4, 0.5) is 4.79 Å². The van der Waals surface area contributed by atoms with Crippen LogP contribution >= 0.6 is 0 Å². The largest absolute Gasteiger partial charge is 0.349 e. The van der Waals surface area contributed by atoms with Crippen LogP contribution in [0.1, 0.15) is 18.7 Å². The van der Waals surface area contributed by atoms with E-state index in [0.717, 1.165) is 18.4 Å². The third-order valence-electron chi connectivity index (χ3n) is 4.44. The van der Waals surface area contributed by atoms with Crippen molar-refractivity contribution in [3.8, 4) is 11.4 Å². The van der Waals surface area contributed by atoms with E-state index in [-0.39, 0.29) is 24.4 Å². The Kier molecular flexibility index (Phi) is 5.50. The number of carbonyl (C=O) groups is 2. The number of nitrogens with zero attached hydrogens (tertiary/aromatic N) is 4. The minimum absolute atomic E-state index is 0.0507. The molecule has 0 spiro atoms. The van der Waals surface area contributed by atoms with Crippen molar-refractivity contribution in [1.82, 2.24) is 30.3 Å². The van der Waals surface area contributed by atoms with Crippen molar-refractivity contribution < 1.29 is 9.59 Å². The van der Waals surface area contributed by atoms with E-state index in [0.29, 0.717) is 24.7 Å². The fraction of sp³-hybridized carbons (Fsp3) is 0.444. The van der Waals surface area contributed by atoms with Crippen LogP contribution in [0, 0.1) is 5.92 Å². The maximum absolute atomic E-state index is 12.5. The van der Waals surface area contributed by atoms with Gasteiger partial charge in [-0.05, 0) is 12.8 Å². The summed E-state index contributed by atoms with van der Waals surface area (Å²) in [6.45, 7) is 1.44. The highest BCUT2D eigenvalue weighted by atomic mass is 16.2. The predicted octanol–water partition coefficient (Wildman–Crippen LogP) is 1.48. The van der Waals surface area contributed by atoms with E-state index in [1.54, 1.807) is 23.9 Å². The van der Waals surface area contributed by atoms with Gasteiger partial charge in [-0.1, -0.05) is 30.3 Å². The second-order valence-electron chi connectivity index (χ2n) is 6.65. The number of aromatic nitrogens is 3. The van der Waals surface area contributed by atoms with Gasteiger partial charge in [-0.15, -0.1) is 0 Å². The van der Waals surface area contributed by atoms with Crippen LogP contribution in [0.15, 0.2) is 30.3 Å². The van der Waals surface area contributed by atoms with Gasteiger partial charge in [-0.25, -0.2) is 9.78 Å². The van der Waals surface area contributed by atoms with Gasteiger partial charge in [-0.2, -0.15) is 5.10 Å². The van der Waals surface area contributed by atoms with Gasteiger partial charge in [0, 0.05) is 32.7 Å². The van der Waals surface area contributed by atoms with Gasteiger partial charge in [0.05, 0.1) is 12.5 Å². The molecule has 0 saturated carbocycles. The van der Waals surface area contributed by atoms with Crippen molar-refractivity contribution in [3.63, 3.8) is 0 Å². The summed E-state index contributed by atoms with van der Waals surface area (Å²) < 4.78 is 0. The summed E-state index contributed by atoms with van der Waals surface area (Å²) in [5.41, 5.74) is 0.923. The molecule has 0 bridgehead atoms. The van der Waals surface area contributed by atoms with Gasteiger partial charge in [0.2, 0.25) is 5.91 Å². The Morgan fingerprint density at radius 1 is 1.31 bits per heavy atom. The van der Waals surface area contributed by atoms with E-state index < -0.39 is 0 Å². The summed E-state index contributed by atoms with van der Waals surface area (Å²) in [5.74, 6) is 0.965. The lowest BCUT2D eigenvalue weighted by molar-refractivity contribution is -0.126. The molecule has 1 atom stereocenters. The third-order valence-corrected chi connectivity index (χ3v) is 4.44. The number of likely N-dealkylation sites (tertiary alicyclic amines) is 1. The van der Waals surface area contributed by atoms with Crippen LogP contribution in [0.2, 0.25) is 0 Å². The lowest BCUT2D eigenvalue weighted by atomic mass is 9.97. The summed E-state index contributed by atoms with van der Waals surface area (Å²) in [5, 5.41) is 9.94. The molecular formula is C18H24N6O2. The molecular weight excluding hydrogens is 332 g/mol. The second-order valence-corrected chi connectivity index (χ2v) is 6.65. The number of H-pyrrole nitrogens is 1. The number of rotatable bonds is 4. The molecule has 138 valence electrons. The molecule has 1 aromatic heterocycles. The monoisotopic (exact) mass is 356 g/mol. The Balaban J connectivity index is 1.54. The first kappa shape index (κ1) is 17.9. The van der Waals surface area contributed by atoms with E-state index in [2.05, 4.69) is 20.5 Å². The Labute approximate surface area is 152 Å². The summed E-state index contributed by atoms with van der Waals surface area (Å²) in [4.78, 5) is 32.2. The van der Waals surface area contributed by atoms with E-state index in [9.17, 15) is 9.59 Å². The van der Waals surface area contributed by atoms with Gasteiger partial charge in [-0.3, -0.25) is 9.89 Å². The number of nitrogens with one attached hydrogen (secondary N) is 2. The molecule has 26 heavy (non-hydrogen) atoms. The minimum Gasteiger partial charge on any atom is -0.349 e. The molecule has 1 aliphatic heterocycles. The molecule has 0 unspecified atom stereocenters. The number of benzene rings is 1. The van der Waals surface area contributed by atoms with Crippen molar-refractivity contribution in [2.45, 2.75) is 19.4 Å². The van der Waals surface area contributed by atoms with Crippen molar-refractivity contribution in [2.24, 2.45) is 5.92 Å². The first-order valence-corrected chi connectivity index (χ1v) is 8.75. The Hall–Kier alpha value is -2.90. The highest BCUT2D eigenvalue weighted by Gasteiger charge is 2.29. The lowest BCUT2D eigenvalue weighted by Gasteiger charge is -2.33. The molecule has 0 aliphatic carbocycles. The smallest absolute Gasteiger partial charge is 0.319 e. The van der Waals surface area contributed by atoms with Gasteiger partial charge >= 0.3 is 6.03 Å². The fourth-order valence-corrected chi connectivity index (χ4v) is 3.05. The maximum atomic E-state index is 12.5. The van der Waals surface area contributed by atoms with Crippen molar-refractivity contribution in [2.75, 3.05) is 27.2 Å². The SMILES string of the molecule is CN(C)C(=O)N1CCC[C@H](C(=O)NCc2nc(-c3ccccc3)n[nH]2)C1. The highest BCUT2D eigenvalue weighted by Crippen LogP contribution is 2.18. The van der Waals surface area contributed by atoms with Crippen LogP contribution in [-0.4, -0.2) is 64.1 Å². The third kappa shape index (κ3) is 4.19. The molecule has 3 rings (SSSR count). The molecule has 8 heteroatoms. The lowest BCUT2D eigenvalue weighted by Crippen LogP contribution is -2.48. The molecule has 2 N–H and O–H groups in total. The van der Waals surface area contributed by atoms with Crippen LogP contribution in [-0.2, 0) is 11.3 Å². The molecule has 2 aromatic rings. The second kappa shape index (κ2) is 7.99. The average Bonchev–Trinajstić information content (AvgIpc) is 3.15. The number of hydrogen-bond donors (Lipinski definition) is 2. The first-order chi connectivity index (χ1) is 12.5. The number of hydrogen-bond acceptors (Lipinski definition) is 4. The molecule has 1 aliphatic rings. The highest BCUT2D eigenvalue weighted by molar-refractivity contribution is 5.80. The summed E-state index contributed by atoms with van der Waals surface area (Å²) in [7, 11) is 3.44. The van der Waals surface area contributed by atoms with E-state index in [1.807, 2.05) is 30.3 Å². The molecule has 0 radical (unpaired) electrons. The Morgan fingerprint density at radius 3 is 2.81 bits per heavy atom. The van der Waals surface area contributed by atoms with E-state index in [1.165, 1.54) is 0 Å². The van der Waals surface area contributed by atoms with Gasteiger partial charge in [0.15, 0.2) is 5.82 Å². The number of urea groups is 1. The van der Waals surface area contributed by atoms with E-state index in [4.69, 9.17) is 0 Å². The normalized spacial score (nSPS) is 17.0. The summed E-state index contributed by atoms with van der Waals surface area (Å²) in [6, 6.07) is 9.61. The van der Waals surface area contributed by atoms with Crippen LogP contribution in [0.5, 0.6) is 0 Å². The average molecular weight is 356 g/mol. The zero-order valence-corrected chi connectivity index (χ0v) is 15.1. The fourth-order valence-electron chi connectivity index (χ4n) is 3.05. The number of aromatic amines is 1. The number of piperidine rings is 1. The zero-order chi connectivity index (χ0) is 18.5. The van der Waals surface area contributed by atoms with Gasteiger partial charge in [0.1, 0.15) is 5.82 Å². The zero-order valence-electron chi connectivity index (χ0n) is 15.1. The minimum atomic E-state index is -0.191. The predicted molar refractivity (Wildman–Crippen MR) is 97.0 cm³/mol. The molecule has 1 saturated heterocycles. The van der Waals surface area contributed by atoms with Crippen molar-refractivity contribution >= 4 is 11.9 Å². The summed E-state index contributed by atoms with van der Waals surface area (Å²) >= 11 is 0. The van der Waals surface area contributed by atoms with E-state index >= 15 is 0 Å². The topological polar surface area (TPSA) is 94.2 Å². The molecule has 1 aromatic carbocycles. The van der Waals surface area contributed by atoms with Crippen LogP contribution in [0.3, 0.4) is 0 Å². The molecule has 8 nitrogen and oxygen atoms in total. The molecule has 3 amide bonds. The molecule has 1 fully saturated rings. The van der Waals surface area contributed by atoms with Crippen LogP contribution < -0.4 is 5.32 Å². The van der Waals surface area contributed by atoms with Crippen molar-refractivity contribution in [3.05, 3.63) is 36.2 Å². The number of amides is 3. The number of carbonyl (C=O) groups excluding carboxylic acids is 2. The van der Waals surface area contributed by atoms with Gasteiger partial charge in [0.25, 0.3) is 0 Å².